The standard InChI is InChI=1S/C62H41N5O.Pt/c1-2-42-35-36-63-61(37-42)67-57-34-31-46(66-55-27-11-9-23-51(55)52-24-10-12-28-56(52)66)39-54(57)53-33-32-48(40-60(53)67)68-47-22-15-21-45(38-47)64-41-65(59-30-14-13-29-58(59)64)62-49(43-17-5-3-6-18-43)25-16-26-50(62)44-19-7-4-8-20-44;/h3-37,39H,2H2,1H3;/q-2;/i2D2,3D,4D,5D,6D,7D,8D,17D,18D,19D,20D;. The molecule has 6 nitrogen and oxygen atoms in total. The number of imidazole rings is 1. The van der Waals surface area contributed by atoms with E-state index in [4.69, 9.17) is 26.2 Å². The molecule has 0 aliphatic rings. The Balaban J connectivity index is 0.00000651. The molecule has 13 aromatic rings. The van der Waals surface area contributed by atoms with Crippen molar-refractivity contribution in [2.45, 2.75) is 13.3 Å². The second kappa shape index (κ2) is 17.4. The molecule has 0 amide bonds. The number of ether oxygens (including phenoxy) is 1. The summed E-state index contributed by atoms with van der Waals surface area (Å²) in [5, 5.41) is 4.03. The van der Waals surface area contributed by atoms with Crippen LogP contribution in [0.3, 0.4) is 0 Å². The molecule has 0 aliphatic carbocycles. The molecule has 0 fully saturated rings. The van der Waals surface area contributed by atoms with E-state index in [0.29, 0.717) is 45.1 Å². The number of rotatable bonds is 9. The van der Waals surface area contributed by atoms with Gasteiger partial charge in [0.1, 0.15) is 5.82 Å². The third-order valence-corrected chi connectivity index (χ3v) is 12.3. The molecule has 332 valence electrons. The molecule has 0 radical (unpaired) electrons. The van der Waals surface area contributed by atoms with Crippen molar-refractivity contribution >= 4 is 54.6 Å². The summed E-state index contributed by atoms with van der Waals surface area (Å²) < 4.78 is 119. The predicted octanol–water partition coefficient (Wildman–Crippen LogP) is 14.6. The Bertz CT molecular complexity index is 4580. The third kappa shape index (κ3) is 7.15. The molecule has 4 heterocycles. The molecule has 0 spiro atoms. The van der Waals surface area contributed by atoms with E-state index in [1.54, 1.807) is 76.0 Å². The topological polar surface area (TPSA) is 40.8 Å². The van der Waals surface area contributed by atoms with Crippen LogP contribution in [-0.2, 0) is 27.4 Å². The van der Waals surface area contributed by atoms with E-state index in [-0.39, 0.29) is 49.0 Å². The zero-order valence-corrected chi connectivity index (χ0v) is 38.7. The van der Waals surface area contributed by atoms with Crippen LogP contribution >= 0.6 is 0 Å². The normalized spacial score (nSPS) is 14.2. The first kappa shape index (κ1) is 30.9. The second-order valence-corrected chi connectivity index (χ2v) is 16.1. The molecular weight excluding hydrogens is 1030 g/mol. The van der Waals surface area contributed by atoms with E-state index in [2.05, 4.69) is 65.5 Å². The SMILES string of the molecule is [2H]c1c([2H])c([2H])c(-c2cccc(-c3c([2H])c([2H])c([2H])c([2H])c3[2H])c2-[n+]2[c-]n(-c3[c-]c(Oc4[c-]c5c(cc4)c4cc(-n6c7ccccc7c7ccccc76)ccc4n5-c4cc(C([2H])([2H])C)ccn4)ccc3)c3ccccc32)c([2H])c1[2H].[Pt]. The summed E-state index contributed by atoms with van der Waals surface area (Å²) in [6.07, 6.45) is 3.35. The molecule has 69 heavy (non-hydrogen) atoms. The van der Waals surface area contributed by atoms with E-state index >= 15 is 0 Å². The van der Waals surface area contributed by atoms with Gasteiger partial charge in [-0.05, 0) is 87.7 Å². The fourth-order valence-electron chi connectivity index (χ4n) is 9.35. The van der Waals surface area contributed by atoms with Crippen LogP contribution < -0.4 is 9.30 Å². The van der Waals surface area contributed by atoms with E-state index in [1.807, 2.05) is 53.1 Å². The molecule has 7 heteroatoms. The van der Waals surface area contributed by atoms with Crippen LogP contribution in [0.25, 0.3) is 99.8 Å². The van der Waals surface area contributed by atoms with Crippen molar-refractivity contribution in [2.24, 2.45) is 0 Å². The zero-order chi connectivity index (χ0) is 55.6. The first-order valence-corrected chi connectivity index (χ1v) is 21.9. The maximum Gasteiger partial charge on any atom is 0.268 e. The quantitative estimate of drug-likeness (QED) is 0.107. The summed E-state index contributed by atoms with van der Waals surface area (Å²) in [6, 6.07) is 48.9. The van der Waals surface area contributed by atoms with Gasteiger partial charge in [0.15, 0.2) is 0 Å². The van der Waals surface area contributed by atoms with Crippen molar-refractivity contribution in [3.8, 4) is 56.6 Å². The molecule has 9 aromatic carbocycles. The first-order valence-electron chi connectivity index (χ1n) is 27.9. The minimum Gasteiger partial charge on any atom is -0.510 e. The number of pyridine rings is 1. The van der Waals surface area contributed by atoms with Crippen LogP contribution in [0.5, 0.6) is 11.5 Å². The average Bonchev–Trinajstić information content (AvgIpc) is 4.34. The summed E-state index contributed by atoms with van der Waals surface area (Å²) in [4.78, 5) is 4.77. The van der Waals surface area contributed by atoms with Gasteiger partial charge in [0.25, 0.3) is 6.33 Å². The van der Waals surface area contributed by atoms with Gasteiger partial charge in [0.05, 0.1) is 41.5 Å². The molecule has 0 saturated carbocycles. The first-order chi connectivity index (χ1) is 38.5. The monoisotopic (exact) mass is 1080 g/mol. The minimum atomic E-state index is -1.65. The summed E-state index contributed by atoms with van der Waals surface area (Å²) in [5.41, 5.74) is 6.58. The Kier molecular flexibility index (Phi) is 7.79. The van der Waals surface area contributed by atoms with Gasteiger partial charge >= 0.3 is 0 Å². The van der Waals surface area contributed by atoms with E-state index in [0.717, 1.165) is 43.8 Å². The fourth-order valence-corrected chi connectivity index (χ4v) is 9.35. The van der Waals surface area contributed by atoms with Crippen molar-refractivity contribution in [3.63, 3.8) is 0 Å². The van der Waals surface area contributed by atoms with Crippen LogP contribution in [0.15, 0.2) is 218 Å². The molecule has 13 rings (SSSR count). The Morgan fingerprint density at radius 3 is 1.93 bits per heavy atom. The largest absolute Gasteiger partial charge is 0.510 e. The molecule has 0 saturated heterocycles. The maximum absolute atomic E-state index is 9.05. The van der Waals surface area contributed by atoms with Crippen LogP contribution in [0, 0.1) is 18.5 Å². The molecular formula is C62H41N5OPt-2. The molecule has 0 aliphatic heterocycles. The summed E-state index contributed by atoms with van der Waals surface area (Å²) in [7, 11) is 0. The summed E-state index contributed by atoms with van der Waals surface area (Å²) in [5.74, 6) is 1.13. The predicted molar refractivity (Wildman–Crippen MR) is 275 cm³/mol. The summed E-state index contributed by atoms with van der Waals surface area (Å²) in [6.45, 7) is 1.51. The number of hydrogen-bond donors (Lipinski definition) is 0. The van der Waals surface area contributed by atoms with Gasteiger partial charge in [-0.1, -0.05) is 152 Å². The Morgan fingerprint density at radius 1 is 0.580 bits per heavy atom. The number of para-hydroxylation sites is 5. The van der Waals surface area contributed by atoms with Crippen molar-refractivity contribution in [2.75, 3.05) is 0 Å². The van der Waals surface area contributed by atoms with E-state index in [1.165, 1.54) is 6.92 Å². The van der Waals surface area contributed by atoms with Crippen molar-refractivity contribution in [1.82, 2.24) is 18.7 Å². The van der Waals surface area contributed by atoms with Gasteiger partial charge < -0.3 is 18.4 Å². The molecule has 0 N–H and O–H groups in total. The van der Waals surface area contributed by atoms with Gasteiger partial charge in [-0.2, -0.15) is 18.2 Å². The van der Waals surface area contributed by atoms with Gasteiger partial charge in [0.2, 0.25) is 0 Å². The fraction of sp³-hybridized carbons (Fsp3) is 0.0323. The number of nitrogens with zero attached hydrogens (tertiary/aromatic N) is 5. The van der Waals surface area contributed by atoms with Crippen molar-refractivity contribution < 1.29 is 46.8 Å². The Labute approximate surface area is 430 Å². The zero-order valence-electron chi connectivity index (χ0n) is 48.5. The molecule has 0 unspecified atom stereocenters. The number of aromatic nitrogens is 5. The average molecular weight is 1080 g/mol. The Hall–Kier alpha value is -8.31. The Morgan fingerprint density at radius 2 is 1.22 bits per heavy atom. The molecule has 0 bridgehead atoms. The van der Waals surface area contributed by atoms with E-state index < -0.39 is 66.8 Å². The second-order valence-electron chi connectivity index (χ2n) is 16.1. The van der Waals surface area contributed by atoms with Gasteiger partial charge in [-0.25, -0.2) is 4.98 Å². The number of hydrogen-bond acceptors (Lipinski definition) is 2. The van der Waals surface area contributed by atoms with Crippen LogP contribution in [-0.4, -0.2) is 18.7 Å². The van der Waals surface area contributed by atoms with Gasteiger partial charge in [0, 0.05) is 63.5 Å². The van der Waals surface area contributed by atoms with Crippen LogP contribution in [0.4, 0.5) is 0 Å². The third-order valence-electron chi connectivity index (χ3n) is 12.3. The van der Waals surface area contributed by atoms with Crippen LogP contribution in [0.1, 0.15) is 28.9 Å². The molecule has 0 atom stereocenters. The number of fused-ring (bicyclic) bond motifs is 7. The maximum atomic E-state index is 9.05. The van der Waals surface area contributed by atoms with Gasteiger partial charge in [-0.15, -0.1) is 29.7 Å². The van der Waals surface area contributed by atoms with E-state index in [9.17, 15) is 0 Å². The van der Waals surface area contributed by atoms with Crippen molar-refractivity contribution in [1.29, 1.82) is 0 Å². The summed E-state index contributed by atoms with van der Waals surface area (Å²) >= 11 is 0. The van der Waals surface area contributed by atoms with Gasteiger partial charge in [-0.3, -0.25) is 4.57 Å². The van der Waals surface area contributed by atoms with Crippen molar-refractivity contribution in [3.05, 3.63) is 242 Å². The number of aryl methyl sites for hydroxylation is 1. The van der Waals surface area contributed by atoms with Crippen LogP contribution in [0.2, 0.25) is 0 Å². The smallest absolute Gasteiger partial charge is 0.268 e. The molecule has 4 aromatic heterocycles. The number of benzene rings is 9. The minimum absolute atomic E-state index is 0.